The van der Waals surface area contributed by atoms with E-state index in [4.69, 9.17) is 0 Å². The Balaban J connectivity index is 1.60. The van der Waals surface area contributed by atoms with Crippen LogP contribution in [0, 0.1) is 5.92 Å². The van der Waals surface area contributed by atoms with E-state index >= 15 is 0 Å². The third-order valence-electron chi connectivity index (χ3n) is 4.90. The third kappa shape index (κ3) is 4.40. The molecule has 1 aliphatic rings. The molecular formula is C21H27N3O. The highest BCUT2D eigenvalue weighted by molar-refractivity contribution is 5.78. The van der Waals surface area contributed by atoms with Crippen molar-refractivity contribution in [2.45, 2.75) is 19.4 Å². The van der Waals surface area contributed by atoms with Gasteiger partial charge < -0.3 is 15.5 Å². The summed E-state index contributed by atoms with van der Waals surface area (Å²) in [6, 6.07) is 17.6. The molecule has 0 spiro atoms. The van der Waals surface area contributed by atoms with Gasteiger partial charge in [-0.3, -0.25) is 4.79 Å². The lowest BCUT2D eigenvalue weighted by Gasteiger charge is -2.17. The fraction of sp³-hybridized carbons (Fsp3) is 0.381. The Morgan fingerprint density at radius 2 is 1.68 bits per heavy atom. The fourth-order valence-electron chi connectivity index (χ4n) is 3.19. The highest BCUT2D eigenvalue weighted by Gasteiger charge is 2.21. The standard InChI is InChI=1S/C21H27N3O/c1-15(22-13-16-12-21(25)23-14-16)17-4-6-18(7-5-17)19-8-10-20(11-9-19)24(2)3/h4-11,15-16,22H,12-14H2,1-3H3,(H,23,25). The molecule has 132 valence electrons. The van der Waals surface area contributed by atoms with Gasteiger partial charge in [-0.1, -0.05) is 36.4 Å². The topological polar surface area (TPSA) is 44.4 Å². The molecule has 2 N–H and O–H groups in total. The summed E-state index contributed by atoms with van der Waals surface area (Å²) in [5.74, 6) is 0.577. The first-order chi connectivity index (χ1) is 12.0. The highest BCUT2D eigenvalue weighted by Crippen LogP contribution is 2.24. The number of carbonyl (C=O) groups is 1. The number of carbonyl (C=O) groups excluding carboxylic acids is 1. The summed E-state index contributed by atoms with van der Waals surface area (Å²) in [6.07, 6.45) is 0.640. The summed E-state index contributed by atoms with van der Waals surface area (Å²) in [5, 5.41) is 6.43. The maximum atomic E-state index is 11.3. The maximum absolute atomic E-state index is 11.3. The molecule has 0 bridgehead atoms. The Kier molecular flexibility index (Phi) is 5.39. The second kappa shape index (κ2) is 7.70. The minimum Gasteiger partial charge on any atom is -0.378 e. The lowest BCUT2D eigenvalue weighted by Crippen LogP contribution is -2.27. The van der Waals surface area contributed by atoms with Crippen LogP contribution in [0.3, 0.4) is 0 Å². The van der Waals surface area contributed by atoms with Crippen LogP contribution >= 0.6 is 0 Å². The Morgan fingerprint density at radius 3 is 2.20 bits per heavy atom. The highest BCUT2D eigenvalue weighted by atomic mass is 16.1. The second-order valence-electron chi connectivity index (χ2n) is 7.07. The predicted octanol–water partition coefficient (Wildman–Crippen LogP) is 3.21. The summed E-state index contributed by atoms with van der Waals surface area (Å²) < 4.78 is 0. The summed E-state index contributed by atoms with van der Waals surface area (Å²) in [7, 11) is 4.10. The van der Waals surface area contributed by atoms with Crippen molar-refractivity contribution in [2.24, 2.45) is 5.92 Å². The van der Waals surface area contributed by atoms with E-state index in [1.54, 1.807) is 0 Å². The first-order valence-corrected chi connectivity index (χ1v) is 8.90. The summed E-state index contributed by atoms with van der Waals surface area (Å²) >= 11 is 0. The maximum Gasteiger partial charge on any atom is 0.220 e. The molecule has 2 atom stereocenters. The third-order valence-corrected chi connectivity index (χ3v) is 4.90. The molecule has 1 amide bonds. The Morgan fingerprint density at radius 1 is 1.08 bits per heavy atom. The molecule has 1 saturated heterocycles. The fourth-order valence-corrected chi connectivity index (χ4v) is 3.19. The summed E-state index contributed by atoms with van der Waals surface area (Å²) in [4.78, 5) is 13.4. The molecule has 2 aromatic rings. The quantitative estimate of drug-likeness (QED) is 0.851. The van der Waals surface area contributed by atoms with Crippen molar-refractivity contribution >= 4 is 11.6 Å². The normalized spacial score (nSPS) is 18.0. The Hall–Kier alpha value is -2.33. The van der Waals surface area contributed by atoms with Crippen LogP contribution in [0.2, 0.25) is 0 Å². The van der Waals surface area contributed by atoms with Crippen LogP contribution in [-0.2, 0) is 4.79 Å². The molecular weight excluding hydrogens is 310 g/mol. The molecule has 2 aromatic carbocycles. The smallest absolute Gasteiger partial charge is 0.220 e. The Labute approximate surface area is 150 Å². The lowest BCUT2D eigenvalue weighted by molar-refractivity contribution is -0.119. The molecule has 4 heteroatoms. The first kappa shape index (κ1) is 17.5. The van der Waals surface area contributed by atoms with Gasteiger partial charge in [0.2, 0.25) is 5.91 Å². The van der Waals surface area contributed by atoms with Gasteiger partial charge in [0.25, 0.3) is 0 Å². The van der Waals surface area contributed by atoms with E-state index in [-0.39, 0.29) is 11.9 Å². The summed E-state index contributed by atoms with van der Waals surface area (Å²) in [6.45, 7) is 3.83. The van der Waals surface area contributed by atoms with E-state index in [0.717, 1.165) is 13.1 Å². The van der Waals surface area contributed by atoms with Gasteiger partial charge in [0.15, 0.2) is 0 Å². The van der Waals surface area contributed by atoms with Gasteiger partial charge >= 0.3 is 0 Å². The monoisotopic (exact) mass is 337 g/mol. The van der Waals surface area contributed by atoms with E-state index in [1.807, 2.05) is 0 Å². The number of nitrogens with one attached hydrogen (secondary N) is 2. The molecule has 25 heavy (non-hydrogen) atoms. The zero-order valence-corrected chi connectivity index (χ0v) is 15.3. The minimum absolute atomic E-state index is 0.170. The first-order valence-electron chi connectivity index (χ1n) is 8.90. The number of anilines is 1. The van der Waals surface area contributed by atoms with Crippen LogP contribution in [0.15, 0.2) is 48.5 Å². The predicted molar refractivity (Wildman–Crippen MR) is 104 cm³/mol. The number of nitrogens with zero attached hydrogens (tertiary/aromatic N) is 1. The van der Waals surface area contributed by atoms with Crippen LogP contribution in [0.25, 0.3) is 11.1 Å². The molecule has 4 nitrogen and oxygen atoms in total. The molecule has 2 unspecified atom stereocenters. The average molecular weight is 337 g/mol. The number of benzene rings is 2. The van der Waals surface area contributed by atoms with Crippen molar-refractivity contribution in [1.29, 1.82) is 0 Å². The molecule has 0 aliphatic carbocycles. The van der Waals surface area contributed by atoms with Crippen molar-refractivity contribution in [3.63, 3.8) is 0 Å². The van der Waals surface area contributed by atoms with Crippen LogP contribution < -0.4 is 15.5 Å². The van der Waals surface area contributed by atoms with Gasteiger partial charge in [-0.25, -0.2) is 0 Å². The average Bonchev–Trinajstić information content (AvgIpc) is 3.05. The minimum atomic E-state index is 0.170. The van der Waals surface area contributed by atoms with Gasteiger partial charge in [0.05, 0.1) is 0 Å². The number of hydrogen-bond donors (Lipinski definition) is 2. The molecule has 1 aliphatic heterocycles. The van der Waals surface area contributed by atoms with Crippen molar-refractivity contribution < 1.29 is 4.79 Å². The molecule has 0 aromatic heterocycles. The molecule has 0 radical (unpaired) electrons. The van der Waals surface area contributed by atoms with Gasteiger partial charge in [0, 0.05) is 45.3 Å². The van der Waals surface area contributed by atoms with Crippen LogP contribution in [0.4, 0.5) is 5.69 Å². The van der Waals surface area contributed by atoms with E-state index in [1.165, 1.54) is 22.4 Å². The SMILES string of the molecule is CC(NCC1CNC(=O)C1)c1ccc(-c2ccc(N(C)C)cc2)cc1. The van der Waals surface area contributed by atoms with Crippen LogP contribution in [0.5, 0.6) is 0 Å². The lowest BCUT2D eigenvalue weighted by atomic mass is 10.0. The van der Waals surface area contributed by atoms with Gasteiger partial charge in [0.1, 0.15) is 0 Å². The van der Waals surface area contributed by atoms with Crippen LogP contribution in [0.1, 0.15) is 24.9 Å². The Bertz CT molecular complexity index is 707. The van der Waals surface area contributed by atoms with E-state index in [9.17, 15) is 4.79 Å². The number of amides is 1. The number of hydrogen-bond acceptors (Lipinski definition) is 3. The van der Waals surface area contributed by atoms with Crippen molar-refractivity contribution in [3.05, 3.63) is 54.1 Å². The van der Waals surface area contributed by atoms with Crippen LogP contribution in [-0.4, -0.2) is 33.1 Å². The van der Waals surface area contributed by atoms with Gasteiger partial charge in [-0.2, -0.15) is 0 Å². The van der Waals surface area contributed by atoms with Gasteiger partial charge in [-0.15, -0.1) is 0 Å². The van der Waals surface area contributed by atoms with E-state index in [0.29, 0.717) is 12.3 Å². The molecule has 1 fully saturated rings. The van der Waals surface area contributed by atoms with E-state index in [2.05, 4.69) is 85.1 Å². The largest absolute Gasteiger partial charge is 0.378 e. The molecule has 3 rings (SSSR count). The van der Waals surface area contributed by atoms with E-state index < -0.39 is 0 Å². The molecule has 1 heterocycles. The summed E-state index contributed by atoms with van der Waals surface area (Å²) in [5.41, 5.74) is 4.93. The van der Waals surface area contributed by atoms with Gasteiger partial charge in [-0.05, 0) is 41.7 Å². The second-order valence-corrected chi connectivity index (χ2v) is 7.07. The number of rotatable bonds is 6. The van der Waals surface area contributed by atoms with Crippen molar-refractivity contribution in [2.75, 3.05) is 32.1 Å². The molecule has 0 saturated carbocycles. The van der Waals surface area contributed by atoms with Crippen molar-refractivity contribution in [1.82, 2.24) is 10.6 Å². The van der Waals surface area contributed by atoms with Crippen molar-refractivity contribution in [3.8, 4) is 11.1 Å². The zero-order valence-electron chi connectivity index (χ0n) is 15.3. The zero-order chi connectivity index (χ0) is 17.8.